The number of rotatable bonds is 11. The first-order chi connectivity index (χ1) is 17.5. The maximum Gasteiger partial charge on any atom is 0.418 e. The normalized spacial score (nSPS) is 15.2. The van der Waals surface area contributed by atoms with Gasteiger partial charge in [-0.25, -0.2) is 5.84 Å². The molecule has 1 heterocycles. The van der Waals surface area contributed by atoms with Gasteiger partial charge in [0.15, 0.2) is 0 Å². The summed E-state index contributed by atoms with van der Waals surface area (Å²) >= 11 is 0. The van der Waals surface area contributed by atoms with Crippen LogP contribution in [-0.2, 0) is 4.79 Å². The van der Waals surface area contributed by atoms with E-state index in [1.54, 1.807) is 43.7 Å². The lowest BCUT2D eigenvalue weighted by atomic mass is 10.1. The van der Waals surface area contributed by atoms with Crippen molar-refractivity contribution in [1.29, 1.82) is 0 Å². The van der Waals surface area contributed by atoms with Crippen LogP contribution in [0.2, 0.25) is 0 Å². The van der Waals surface area contributed by atoms with Gasteiger partial charge in [0.05, 0.1) is 24.4 Å². The minimum atomic E-state index is -4.66. The molecule has 1 aliphatic rings. The molecule has 7 N–H and O–H groups in total. The van der Waals surface area contributed by atoms with E-state index in [1.165, 1.54) is 29.3 Å². The predicted molar refractivity (Wildman–Crippen MR) is 137 cm³/mol. The van der Waals surface area contributed by atoms with Crippen LogP contribution in [0.1, 0.15) is 18.9 Å². The van der Waals surface area contributed by atoms with Crippen LogP contribution >= 0.6 is 0 Å². The van der Waals surface area contributed by atoms with Crippen LogP contribution in [0.3, 0.4) is 0 Å². The van der Waals surface area contributed by atoms with E-state index in [0.29, 0.717) is 17.8 Å². The summed E-state index contributed by atoms with van der Waals surface area (Å²) in [5.74, 6) is 5.38. The SMILES string of the molecule is C=C/C(=C\C=C(\C)CN(N)/C=C(\N)c1cccnc1)C(=O)NC1=CCC=C(NCCO)C(C(F)(F)F)=C1. The van der Waals surface area contributed by atoms with Gasteiger partial charge in [-0.1, -0.05) is 36.5 Å². The fraction of sp³-hybridized carbons (Fsp3) is 0.231. The van der Waals surface area contributed by atoms with Crippen molar-refractivity contribution in [1.82, 2.24) is 20.6 Å². The summed E-state index contributed by atoms with van der Waals surface area (Å²) in [7, 11) is 0. The lowest BCUT2D eigenvalue weighted by Gasteiger charge is -2.17. The maximum absolute atomic E-state index is 13.6. The molecule has 0 aromatic carbocycles. The number of aromatic nitrogens is 1. The number of alkyl halides is 3. The zero-order valence-electron chi connectivity index (χ0n) is 20.4. The fourth-order valence-corrected chi connectivity index (χ4v) is 3.23. The molecule has 0 radical (unpaired) electrons. The van der Waals surface area contributed by atoms with Crippen LogP contribution in [0.25, 0.3) is 5.70 Å². The maximum atomic E-state index is 13.6. The van der Waals surface area contributed by atoms with E-state index in [-0.39, 0.29) is 36.5 Å². The summed E-state index contributed by atoms with van der Waals surface area (Å²) in [6.45, 7) is 5.34. The first-order valence-electron chi connectivity index (χ1n) is 11.3. The number of allylic oxidation sites excluding steroid dienone is 6. The zero-order chi connectivity index (χ0) is 27.4. The molecule has 1 aliphatic carbocycles. The van der Waals surface area contributed by atoms with Gasteiger partial charge in [0.25, 0.3) is 5.91 Å². The Kier molecular flexibility index (Phi) is 10.9. The highest BCUT2D eigenvalue weighted by atomic mass is 19.4. The van der Waals surface area contributed by atoms with E-state index in [9.17, 15) is 18.0 Å². The number of nitrogens with zero attached hydrogens (tertiary/aromatic N) is 2. The third-order valence-corrected chi connectivity index (χ3v) is 5.00. The molecule has 0 unspecified atom stereocenters. The number of amides is 1. The average molecular weight is 517 g/mol. The molecule has 0 spiro atoms. The first kappa shape index (κ1) is 29.1. The molecule has 0 atom stereocenters. The molecule has 37 heavy (non-hydrogen) atoms. The van der Waals surface area contributed by atoms with Gasteiger partial charge >= 0.3 is 6.18 Å². The molecular weight excluding hydrogens is 485 g/mol. The van der Waals surface area contributed by atoms with E-state index in [0.717, 1.165) is 11.6 Å². The summed E-state index contributed by atoms with van der Waals surface area (Å²) in [4.78, 5) is 16.7. The Balaban J connectivity index is 2.11. The molecule has 0 saturated carbocycles. The molecule has 11 heteroatoms. The second-order valence-corrected chi connectivity index (χ2v) is 8.01. The number of hydrogen-bond acceptors (Lipinski definition) is 7. The van der Waals surface area contributed by atoms with Crippen LogP contribution < -0.4 is 22.2 Å². The van der Waals surface area contributed by atoms with E-state index in [2.05, 4.69) is 22.2 Å². The van der Waals surface area contributed by atoms with Crippen LogP contribution in [0, 0.1) is 0 Å². The van der Waals surface area contributed by atoms with Gasteiger partial charge in [-0.15, -0.1) is 0 Å². The number of halogens is 3. The van der Waals surface area contributed by atoms with E-state index in [4.69, 9.17) is 16.7 Å². The molecule has 0 fully saturated rings. The van der Waals surface area contributed by atoms with Crippen molar-refractivity contribution < 1.29 is 23.1 Å². The topological polar surface area (TPSA) is 130 Å². The van der Waals surface area contributed by atoms with Crippen molar-refractivity contribution in [2.24, 2.45) is 11.6 Å². The lowest BCUT2D eigenvalue weighted by molar-refractivity contribution is -0.116. The molecular formula is C26H31F3N6O2. The number of nitrogens with one attached hydrogen (secondary N) is 2. The number of aliphatic hydroxyl groups is 1. The van der Waals surface area contributed by atoms with Gasteiger partial charge < -0.3 is 26.5 Å². The molecule has 8 nitrogen and oxygen atoms in total. The first-order valence-corrected chi connectivity index (χ1v) is 11.3. The Hall–Kier alpha value is -4.09. The molecule has 1 amide bonds. The molecule has 0 saturated heterocycles. The highest BCUT2D eigenvalue weighted by Gasteiger charge is 2.36. The van der Waals surface area contributed by atoms with E-state index >= 15 is 0 Å². The van der Waals surface area contributed by atoms with Crippen molar-refractivity contribution in [3.63, 3.8) is 0 Å². The fourth-order valence-electron chi connectivity index (χ4n) is 3.23. The second kappa shape index (κ2) is 13.9. The minimum Gasteiger partial charge on any atom is -0.397 e. The van der Waals surface area contributed by atoms with Crippen molar-refractivity contribution >= 4 is 11.6 Å². The number of pyridine rings is 1. The van der Waals surface area contributed by atoms with Gasteiger partial charge in [0.1, 0.15) is 0 Å². The van der Waals surface area contributed by atoms with Crippen molar-refractivity contribution in [2.45, 2.75) is 19.5 Å². The third kappa shape index (κ3) is 9.47. The standard InChI is InChI=1S/C26H31F3N6O2/c1-3-19(10-9-18(2)16-35(31)17-23(30)20-6-5-11-32-15-20)25(37)34-21-7-4-8-24(33-12-13-36)22(14-21)26(27,28)29/h3,5-11,14-15,17,33,36H,1,4,12-13,16,30-31H2,2H3,(H,34,37)/b18-9-,19-10+,23-17-. The number of carbonyl (C=O) groups excluding carboxylic acids is 1. The number of carbonyl (C=O) groups is 1. The Morgan fingerprint density at radius 2 is 2.08 bits per heavy atom. The van der Waals surface area contributed by atoms with Crippen molar-refractivity contribution in [2.75, 3.05) is 19.7 Å². The lowest BCUT2D eigenvalue weighted by Crippen LogP contribution is -2.28. The van der Waals surface area contributed by atoms with Gasteiger partial charge in [-0.2, -0.15) is 13.2 Å². The Morgan fingerprint density at radius 3 is 2.70 bits per heavy atom. The largest absolute Gasteiger partial charge is 0.418 e. The predicted octanol–water partition coefficient (Wildman–Crippen LogP) is 2.93. The Bertz CT molecular complexity index is 1150. The smallest absolute Gasteiger partial charge is 0.397 e. The number of hydrazine groups is 1. The molecule has 0 bridgehead atoms. The minimum absolute atomic E-state index is 0.00743. The quantitative estimate of drug-likeness (QED) is 0.132. The highest BCUT2D eigenvalue weighted by molar-refractivity contribution is 5.97. The Labute approximate surface area is 213 Å². The average Bonchev–Trinajstić information content (AvgIpc) is 3.05. The highest BCUT2D eigenvalue weighted by Crippen LogP contribution is 2.32. The number of nitrogens with two attached hydrogens (primary N) is 2. The third-order valence-electron chi connectivity index (χ3n) is 5.00. The second-order valence-electron chi connectivity index (χ2n) is 8.01. The summed E-state index contributed by atoms with van der Waals surface area (Å²) in [6.07, 6.45) is 8.40. The van der Waals surface area contributed by atoms with Crippen molar-refractivity contribution in [3.05, 3.63) is 107 Å². The summed E-state index contributed by atoms with van der Waals surface area (Å²) in [5, 5.41) is 15.4. The Morgan fingerprint density at radius 1 is 1.32 bits per heavy atom. The van der Waals surface area contributed by atoms with E-state index < -0.39 is 17.7 Å². The van der Waals surface area contributed by atoms with Gasteiger partial charge in [-0.05, 0) is 37.6 Å². The summed E-state index contributed by atoms with van der Waals surface area (Å²) < 4.78 is 40.8. The molecule has 2 rings (SSSR count). The summed E-state index contributed by atoms with van der Waals surface area (Å²) in [5.41, 5.74) is 6.97. The monoisotopic (exact) mass is 516 g/mol. The van der Waals surface area contributed by atoms with Crippen molar-refractivity contribution in [3.8, 4) is 0 Å². The van der Waals surface area contributed by atoms with Gasteiger partial charge in [0.2, 0.25) is 0 Å². The molecule has 0 aliphatic heterocycles. The zero-order valence-corrected chi connectivity index (χ0v) is 20.4. The molecule has 1 aromatic rings. The number of hydrogen-bond donors (Lipinski definition) is 5. The van der Waals surface area contributed by atoms with Crippen LogP contribution in [0.15, 0.2) is 102 Å². The van der Waals surface area contributed by atoms with Crippen LogP contribution in [0.5, 0.6) is 0 Å². The molecule has 1 aromatic heterocycles. The van der Waals surface area contributed by atoms with E-state index in [1.807, 2.05) is 0 Å². The molecule has 198 valence electrons. The van der Waals surface area contributed by atoms with Gasteiger partial charge in [0, 0.05) is 47.7 Å². The van der Waals surface area contributed by atoms with Crippen LogP contribution in [-0.4, -0.2) is 46.9 Å². The number of aliphatic hydroxyl groups excluding tert-OH is 1. The summed E-state index contributed by atoms with van der Waals surface area (Å²) in [6, 6.07) is 3.55. The van der Waals surface area contributed by atoms with Crippen LogP contribution in [0.4, 0.5) is 13.2 Å². The van der Waals surface area contributed by atoms with Gasteiger partial charge in [-0.3, -0.25) is 9.78 Å².